The van der Waals surface area contributed by atoms with E-state index in [2.05, 4.69) is 0 Å². The highest BCUT2D eigenvalue weighted by Gasteiger charge is 2.88. The van der Waals surface area contributed by atoms with Gasteiger partial charge in [0, 0.05) is 5.92 Å². The summed E-state index contributed by atoms with van der Waals surface area (Å²) in [6.45, 7) is 4.33. The van der Waals surface area contributed by atoms with Gasteiger partial charge in [-0.1, -0.05) is 0 Å². The third-order valence-electron chi connectivity index (χ3n) is 4.47. The zero-order chi connectivity index (χ0) is 9.97. The van der Waals surface area contributed by atoms with Crippen LogP contribution in [0.4, 0.5) is 0 Å². The molecular formula is C12H18O2. The molecule has 0 amide bonds. The second-order valence-electron chi connectivity index (χ2n) is 5.57. The van der Waals surface area contributed by atoms with Crippen LogP contribution in [0.3, 0.4) is 0 Å². The van der Waals surface area contributed by atoms with Crippen molar-refractivity contribution in [3.63, 3.8) is 0 Å². The number of fused-ring (bicyclic) bond motifs is 1. The second kappa shape index (κ2) is 2.41. The molecule has 3 fully saturated rings. The Kier molecular flexibility index (Phi) is 1.53. The summed E-state index contributed by atoms with van der Waals surface area (Å²) in [4.78, 5) is 11.9. The molecule has 0 unspecified atom stereocenters. The topological polar surface area (TPSA) is 26.3 Å². The van der Waals surface area contributed by atoms with Crippen LogP contribution >= 0.6 is 0 Å². The average molecular weight is 194 g/mol. The first-order chi connectivity index (χ1) is 6.62. The molecular weight excluding hydrogens is 176 g/mol. The monoisotopic (exact) mass is 194 g/mol. The van der Waals surface area contributed by atoms with Crippen molar-refractivity contribution in [1.82, 2.24) is 0 Å². The van der Waals surface area contributed by atoms with Gasteiger partial charge in [-0.05, 0) is 50.4 Å². The minimum Gasteiger partial charge on any atom is -0.371 e. The van der Waals surface area contributed by atoms with Gasteiger partial charge in [0.15, 0.2) is 5.78 Å². The molecule has 2 heteroatoms. The molecule has 0 aromatic heterocycles. The molecule has 0 atom stereocenters. The second-order valence-corrected chi connectivity index (χ2v) is 5.57. The zero-order valence-corrected chi connectivity index (χ0v) is 9.01. The number of hydrogen-bond donors (Lipinski definition) is 0. The van der Waals surface area contributed by atoms with Gasteiger partial charge in [0.25, 0.3) is 0 Å². The molecule has 0 saturated heterocycles. The first-order valence-electron chi connectivity index (χ1n) is 5.77. The van der Waals surface area contributed by atoms with Crippen LogP contribution in [0.5, 0.6) is 0 Å². The lowest BCUT2D eigenvalue weighted by Crippen LogP contribution is -2.16. The third kappa shape index (κ3) is 0.928. The van der Waals surface area contributed by atoms with Crippen LogP contribution in [-0.4, -0.2) is 18.5 Å². The van der Waals surface area contributed by atoms with Crippen LogP contribution in [-0.2, 0) is 9.53 Å². The zero-order valence-electron chi connectivity index (χ0n) is 9.01. The fourth-order valence-electron chi connectivity index (χ4n) is 3.53. The van der Waals surface area contributed by atoms with Crippen LogP contribution in [0.25, 0.3) is 0 Å². The van der Waals surface area contributed by atoms with Gasteiger partial charge < -0.3 is 4.74 Å². The number of carbonyl (C=O) groups is 1. The Bertz CT molecular complexity index is 267. The van der Waals surface area contributed by atoms with E-state index in [-0.39, 0.29) is 6.10 Å². The predicted molar refractivity (Wildman–Crippen MR) is 52.9 cm³/mol. The first kappa shape index (κ1) is 8.90. The van der Waals surface area contributed by atoms with Crippen LogP contribution in [0, 0.1) is 16.7 Å². The molecule has 0 bridgehead atoms. The Morgan fingerprint density at radius 1 is 1.29 bits per heavy atom. The Morgan fingerprint density at radius 2 is 1.79 bits per heavy atom. The lowest BCUT2D eigenvalue weighted by molar-refractivity contribution is -0.127. The van der Waals surface area contributed by atoms with Crippen LogP contribution < -0.4 is 0 Å². The van der Waals surface area contributed by atoms with Crippen molar-refractivity contribution in [2.75, 3.05) is 6.61 Å². The molecule has 0 N–H and O–H groups in total. The fraction of sp³-hybridized carbons (Fsp3) is 0.917. The standard InChI is InChI=1S/C12H18O2/c1-8(2)14-7-9(13)10-11(3-4-11)12(10)5-6-12/h8,10H,3-7H2,1-2H3. The van der Waals surface area contributed by atoms with Gasteiger partial charge in [-0.15, -0.1) is 0 Å². The molecule has 0 aliphatic heterocycles. The van der Waals surface area contributed by atoms with Gasteiger partial charge in [0.05, 0.1) is 6.10 Å². The van der Waals surface area contributed by atoms with Crippen molar-refractivity contribution in [2.45, 2.75) is 45.6 Å². The van der Waals surface area contributed by atoms with Crippen molar-refractivity contribution < 1.29 is 9.53 Å². The Balaban J connectivity index is 1.60. The van der Waals surface area contributed by atoms with Crippen molar-refractivity contribution >= 4 is 5.78 Å². The van der Waals surface area contributed by atoms with E-state index in [1.54, 1.807) is 0 Å². The highest BCUT2D eigenvalue weighted by atomic mass is 16.5. The minimum absolute atomic E-state index is 0.183. The van der Waals surface area contributed by atoms with Gasteiger partial charge in [0.2, 0.25) is 0 Å². The normalized spacial score (nSPS) is 33.8. The average Bonchev–Trinajstić information content (AvgIpc) is 2.95. The van der Waals surface area contributed by atoms with Gasteiger partial charge in [0.1, 0.15) is 6.61 Å². The van der Waals surface area contributed by atoms with Crippen molar-refractivity contribution in [1.29, 1.82) is 0 Å². The molecule has 3 aliphatic rings. The van der Waals surface area contributed by atoms with E-state index >= 15 is 0 Å². The quantitative estimate of drug-likeness (QED) is 0.685. The van der Waals surface area contributed by atoms with Gasteiger partial charge in [-0.3, -0.25) is 4.79 Å². The van der Waals surface area contributed by atoms with E-state index in [1.165, 1.54) is 25.7 Å². The number of rotatable bonds is 4. The molecule has 78 valence electrons. The fourth-order valence-corrected chi connectivity index (χ4v) is 3.53. The molecule has 14 heavy (non-hydrogen) atoms. The largest absolute Gasteiger partial charge is 0.371 e. The summed E-state index contributed by atoms with van der Waals surface area (Å²) < 4.78 is 5.40. The van der Waals surface area contributed by atoms with E-state index in [4.69, 9.17) is 4.74 Å². The van der Waals surface area contributed by atoms with Crippen LogP contribution in [0.15, 0.2) is 0 Å². The van der Waals surface area contributed by atoms with Crippen molar-refractivity contribution in [3.05, 3.63) is 0 Å². The maximum absolute atomic E-state index is 11.9. The first-order valence-corrected chi connectivity index (χ1v) is 5.77. The Morgan fingerprint density at radius 3 is 2.14 bits per heavy atom. The molecule has 0 aromatic carbocycles. The summed E-state index contributed by atoms with van der Waals surface area (Å²) in [5, 5.41) is 0. The summed E-state index contributed by atoms with van der Waals surface area (Å²) in [5.74, 6) is 0.780. The molecule has 3 saturated carbocycles. The smallest absolute Gasteiger partial charge is 0.162 e. The molecule has 2 spiro atoms. The van der Waals surface area contributed by atoms with Gasteiger partial charge in [-0.25, -0.2) is 0 Å². The third-order valence-corrected chi connectivity index (χ3v) is 4.47. The van der Waals surface area contributed by atoms with Crippen LogP contribution in [0.2, 0.25) is 0 Å². The maximum atomic E-state index is 11.9. The number of ether oxygens (including phenoxy) is 1. The summed E-state index contributed by atoms with van der Waals surface area (Å²) >= 11 is 0. The van der Waals surface area contributed by atoms with Gasteiger partial charge >= 0.3 is 0 Å². The highest BCUT2D eigenvalue weighted by Crippen LogP contribution is 2.92. The van der Waals surface area contributed by atoms with Gasteiger partial charge in [-0.2, -0.15) is 0 Å². The van der Waals surface area contributed by atoms with E-state index in [0.717, 1.165) is 0 Å². The van der Waals surface area contributed by atoms with Crippen molar-refractivity contribution in [3.8, 4) is 0 Å². The SMILES string of the molecule is CC(C)OCC(=O)C1C2(CC2)C12CC2. The molecule has 2 nitrogen and oxygen atoms in total. The molecule has 0 aromatic rings. The molecule has 0 heterocycles. The predicted octanol–water partition coefficient (Wildman–Crippen LogP) is 2.17. The summed E-state index contributed by atoms with van der Waals surface area (Å²) in [6, 6.07) is 0. The summed E-state index contributed by atoms with van der Waals surface area (Å²) in [7, 11) is 0. The number of carbonyl (C=O) groups excluding carboxylic acids is 1. The summed E-state index contributed by atoms with van der Waals surface area (Å²) in [6.07, 6.45) is 5.43. The Hall–Kier alpha value is -0.370. The Labute approximate surface area is 85.0 Å². The lowest BCUT2D eigenvalue weighted by atomic mass is 10.2. The highest BCUT2D eigenvalue weighted by molar-refractivity contribution is 5.89. The molecule has 0 radical (unpaired) electrons. The van der Waals surface area contributed by atoms with E-state index in [9.17, 15) is 4.79 Å². The number of hydrogen-bond acceptors (Lipinski definition) is 2. The number of ketones is 1. The molecule has 3 aliphatic carbocycles. The minimum atomic E-state index is 0.183. The van der Waals surface area contributed by atoms with Crippen LogP contribution in [0.1, 0.15) is 39.5 Å². The van der Waals surface area contributed by atoms with Crippen molar-refractivity contribution in [2.24, 2.45) is 16.7 Å². The van der Waals surface area contributed by atoms with E-state index in [1.807, 2.05) is 13.8 Å². The van der Waals surface area contributed by atoms with E-state index < -0.39 is 0 Å². The van der Waals surface area contributed by atoms with E-state index in [0.29, 0.717) is 29.1 Å². The summed E-state index contributed by atoms with van der Waals surface area (Å²) in [5.41, 5.74) is 1.01. The molecule has 3 rings (SSSR count). The lowest BCUT2D eigenvalue weighted by Gasteiger charge is -2.05. The number of Topliss-reactive ketones (excluding diaryl/α,β-unsaturated/α-hetero) is 1. The maximum Gasteiger partial charge on any atom is 0.162 e.